The quantitative estimate of drug-likeness (QED) is 0.167. The minimum absolute atomic E-state index is 0.370. The third kappa shape index (κ3) is 4.83. The first kappa shape index (κ1) is 33.9. The monoisotopic (exact) mass is 773 g/mol. The van der Waals surface area contributed by atoms with Crippen LogP contribution in [0.2, 0.25) is 0 Å². The van der Waals surface area contributed by atoms with E-state index in [0.717, 1.165) is 16.7 Å². The maximum absolute atomic E-state index is 5.10. The van der Waals surface area contributed by atoms with Crippen LogP contribution >= 0.6 is 0 Å². The van der Waals surface area contributed by atoms with E-state index in [-0.39, 0.29) is 5.41 Å². The molecule has 10 aromatic carbocycles. The SMILES string of the molecule is c1ccc(-c2nc(-c3ccccc3)nc(-c3ccc4c(c3)c3ccccc3c3cccc(-c5ccc6c(c5)-c5ccccc5C65c6ccccc6-c6ccccc65)c34)n2)cc1. The lowest BCUT2D eigenvalue weighted by atomic mass is 9.70. The second-order valence-electron chi connectivity index (χ2n) is 16.2. The number of hydrogen-bond acceptors (Lipinski definition) is 3. The molecule has 282 valence electrons. The molecule has 61 heavy (non-hydrogen) atoms. The normalized spacial score (nSPS) is 13.0. The van der Waals surface area contributed by atoms with Gasteiger partial charge in [-0.2, -0.15) is 0 Å². The molecule has 0 aliphatic heterocycles. The summed E-state index contributed by atoms with van der Waals surface area (Å²) in [5, 5.41) is 7.27. The van der Waals surface area contributed by atoms with Crippen molar-refractivity contribution in [1.82, 2.24) is 15.0 Å². The molecule has 1 spiro atoms. The number of benzene rings is 10. The van der Waals surface area contributed by atoms with Crippen LogP contribution in [-0.4, -0.2) is 15.0 Å². The van der Waals surface area contributed by atoms with Crippen LogP contribution in [0.4, 0.5) is 0 Å². The van der Waals surface area contributed by atoms with Gasteiger partial charge in [0.15, 0.2) is 17.5 Å². The van der Waals surface area contributed by atoms with E-state index in [1.165, 1.54) is 88.0 Å². The molecule has 3 nitrogen and oxygen atoms in total. The molecule has 0 amide bonds. The largest absolute Gasteiger partial charge is 0.208 e. The van der Waals surface area contributed by atoms with Crippen molar-refractivity contribution < 1.29 is 0 Å². The Labute approximate surface area is 353 Å². The maximum Gasteiger partial charge on any atom is 0.164 e. The van der Waals surface area contributed by atoms with E-state index in [1.807, 2.05) is 36.4 Å². The van der Waals surface area contributed by atoms with E-state index in [4.69, 9.17) is 15.0 Å². The van der Waals surface area contributed by atoms with Gasteiger partial charge in [0.2, 0.25) is 0 Å². The maximum atomic E-state index is 5.10. The van der Waals surface area contributed by atoms with Gasteiger partial charge in [-0.3, -0.25) is 0 Å². The smallest absolute Gasteiger partial charge is 0.164 e. The standard InChI is InChI=1S/C58H35N3/c1-3-16-36(17-4-1)55-59-56(37-18-5-2-6-19-37)61-57(60-55)39-30-32-47-48(35-39)42-21-8-7-20-41(42)46-26-15-25-40(54(46)47)38-31-33-53-49(34-38)45-24-11-14-29-52(45)58(53)50-27-12-9-22-43(50)44-23-10-13-28-51(44)58/h1-35H. The van der Waals surface area contributed by atoms with Crippen LogP contribution in [-0.2, 0) is 5.41 Å². The molecular weight excluding hydrogens is 739 g/mol. The number of nitrogens with zero attached hydrogens (tertiary/aromatic N) is 3. The highest BCUT2D eigenvalue weighted by atomic mass is 15.0. The first-order chi connectivity index (χ1) is 30.3. The van der Waals surface area contributed by atoms with Gasteiger partial charge in [0.1, 0.15) is 0 Å². The van der Waals surface area contributed by atoms with Crippen LogP contribution in [0.3, 0.4) is 0 Å². The number of aromatic nitrogens is 3. The summed E-state index contributed by atoms with van der Waals surface area (Å²) in [5.74, 6) is 1.95. The second kappa shape index (κ2) is 13.0. The van der Waals surface area contributed by atoms with Crippen molar-refractivity contribution in [2.75, 3.05) is 0 Å². The molecule has 13 rings (SSSR count). The van der Waals surface area contributed by atoms with Crippen LogP contribution in [0.15, 0.2) is 212 Å². The highest BCUT2D eigenvalue weighted by molar-refractivity contribution is 6.29. The molecule has 0 fully saturated rings. The van der Waals surface area contributed by atoms with Crippen molar-refractivity contribution in [1.29, 1.82) is 0 Å². The average molecular weight is 774 g/mol. The van der Waals surface area contributed by atoms with Gasteiger partial charge in [0, 0.05) is 16.7 Å². The summed E-state index contributed by atoms with van der Waals surface area (Å²) in [6.45, 7) is 0. The van der Waals surface area contributed by atoms with Crippen molar-refractivity contribution in [3.05, 3.63) is 235 Å². The Morgan fingerprint density at radius 3 is 1.28 bits per heavy atom. The molecule has 1 aromatic heterocycles. The first-order valence-corrected chi connectivity index (χ1v) is 20.9. The Balaban J connectivity index is 1.04. The van der Waals surface area contributed by atoms with E-state index in [1.54, 1.807) is 0 Å². The van der Waals surface area contributed by atoms with E-state index < -0.39 is 0 Å². The highest BCUT2D eigenvalue weighted by Gasteiger charge is 2.51. The Hall–Kier alpha value is -8.01. The van der Waals surface area contributed by atoms with Gasteiger partial charge in [0.25, 0.3) is 0 Å². The van der Waals surface area contributed by atoms with Gasteiger partial charge in [0.05, 0.1) is 5.41 Å². The van der Waals surface area contributed by atoms with E-state index in [9.17, 15) is 0 Å². The minimum Gasteiger partial charge on any atom is -0.208 e. The average Bonchev–Trinajstić information content (AvgIpc) is 3.81. The molecule has 0 bridgehead atoms. The molecular formula is C58H35N3. The summed E-state index contributed by atoms with van der Waals surface area (Å²) in [6.07, 6.45) is 0. The first-order valence-electron chi connectivity index (χ1n) is 20.9. The van der Waals surface area contributed by atoms with E-state index in [2.05, 4.69) is 176 Å². The lowest BCUT2D eigenvalue weighted by Crippen LogP contribution is -2.25. The van der Waals surface area contributed by atoms with Gasteiger partial charge in [-0.05, 0) is 100 Å². The van der Waals surface area contributed by atoms with Crippen LogP contribution in [0.5, 0.6) is 0 Å². The van der Waals surface area contributed by atoms with Crippen LogP contribution in [0.1, 0.15) is 22.3 Å². The van der Waals surface area contributed by atoms with Gasteiger partial charge in [-0.25, -0.2) is 15.0 Å². The second-order valence-corrected chi connectivity index (χ2v) is 16.2. The Bertz CT molecular complexity index is 3490. The number of hydrogen-bond donors (Lipinski definition) is 0. The summed E-state index contributed by atoms with van der Waals surface area (Å²) in [6, 6.07) is 77.0. The zero-order valence-electron chi connectivity index (χ0n) is 33.0. The lowest BCUT2D eigenvalue weighted by Gasteiger charge is -2.30. The highest BCUT2D eigenvalue weighted by Crippen LogP contribution is 2.63. The van der Waals surface area contributed by atoms with Gasteiger partial charge >= 0.3 is 0 Å². The summed E-state index contributed by atoms with van der Waals surface area (Å²) >= 11 is 0. The Kier molecular flexibility index (Phi) is 7.22. The van der Waals surface area contributed by atoms with Crippen LogP contribution in [0, 0.1) is 0 Å². The van der Waals surface area contributed by atoms with Gasteiger partial charge in [-0.1, -0.05) is 200 Å². The summed E-state index contributed by atoms with van der Waals surface area (Å²) in [7, 11) is 0. The zero-order valence-corrected chi connectivity index (χ0v) is 33.0. The molecule has 3 heteroatoms. The van der Waals surface area contributed by atoms with Crippen molar-refractivity contribution in [2.45, 2.75) is 5.41 Å². The van der Waals surface area contributed by atoms with E-state index in [0.29, 0.717) is 17.5 Å². The van der Waals surface area contributed by atoms with Gasteiger partial charge < -0.3 is 0 Å². The fraction of sp³-hybridized carbons (Fsp3) is 0.0172. The number of fused-ring (bicyclic) bond motifs is 16. The minimum atomic E-state index is -0.370. The third-order valence-corrected chi connectivity index (χ3v) is 13.1. The Morgan fingerprint density at radius 2 is 0.672 bits per heavy atom. The van der Waals surface area contributed by atoms with Gasteiger partial charge in [-0.15, -0.1) is 0 Å². The topological polar surface area (TPSA) is 38.7 Å². The molecule has 1 heterocycles. The van der Waals surface area contributed by atoms with Crippen molar-refractivity contribution >= 4 is 32.3 Å². The number of rotatable bonds is 4. The summed E-state index contributed by atoms with van der Waals surface area (Å²) in [4.78, 5) is 15.2. The zero-order chi connectivity index (χ0) is 40.1. The predicted molar refractivity (Wildman–Crippen MR) is 250 cm³/mol. The molecule has 2 aliphatic rings. The Morgan fingerprint density at radius 1 is 0.246 bits per heavy atom. The summed E-state index contributed by atoms with van der Waals surface area (Å²) < 4.78 is 0. The molecule has 0 saturated carbocycles. The van der Waals surface area contributed by atoms with Crippen molar-refractivity contribution in [3.63, 3.8) is 0 Å². The van der Waals surface area contributed by atoms with Crippen molar-refractivity contribution in [2.24, 2.45) is 0 Å². The third-order valence-electron chi connectivity index (χ3n) is 13.1. The summed E-state index contributed by atoms with van der Waals surface area (Å²) in [5.41, 5.74) is 15.6. The molecule has 0 N–H and O–H groups in total. The molecule has 0 unspecified atom stereocenters. The lowest BCUT2D eigenvalue weighted by molar-refractivity contribution is 0.794. The molecule has 0 saturated heterocycles. The van der Waals surface area contributed by atoms with E-state index >= 15 is 0 Å². The molecule has 0 atom stereocenters. The van der Waals surface area contributed by atoms with Crippen LogP contribution < -0.4 is 0 Å². The van der Waals surface area contributed by atoms with Crippen molar-refractivity contribution in [3.8, 4) is 67.5 Å². The fourth-order valence-electron chi connectivity index (χ4n) is 10.6. The molecule has 11 aromatic rings. The van der Waals surface area contributed by atoms with Crippen LogP contribution in [0.25, 0.3) is 99.9 Å². The molecule has 2 aliphatic carbocycles. The predicted octanol–water partition coefficient (Wildman–Crippen LogP) is 14.3. The molecule has 0 radical (unpaired) electrons. The fourth-order valence-corrected chi connectivity index (χ4v) is 10.6.